The first-order chi connectivity index (χ1) is 9.13. The molecule has 0 aliphatic carbocycles. The van der Waals surface area contributed by atoms with E-state index in [1.54, 1.807) is 0 Å². The van der Waals surface area contributed by atoms with E-state index in [0.717, 1.165) is 27.7 Å². The van der Waals surface area contributed by atoms with Crippen molar-refractivity contribution in [2.45, 2.75) is 25.9 Å². The second-order valence-corrected chi connectivity index (χ2v) is 5.66. The molecule has 0 saturated carbocycles. The lowest BCUT2D eigenvalue weighted by molar-refractivity contribution is -0.136. The lowest BCUT2D eigenvalue weighted by atomic mass is 10.1. The fourth-order valence-corrected chi connectivity index (χ4v) is 3.30. The molecule has 0 bridgehead atoms. The Morgan fingerprint density at radius 1 is 1.53 bits per heavy atom. The zero-order chi connectivity index (χ0) is 13.4. The number of nitrogens with zero attached hydrogens (tertiary/aromatic N) is 1. The highest BCUT2D eigenvalue weighted by molar-refractivity contribution is 7.11. The third kappa shape index (κ3) is 2.33. The molecule has 0 amide bonds. The van der Waals surface area contributed by atoms with Crippen LogP contribution in [0.4, 0.5) is 0 Å². The number of para-hydroxylation sites is 1. The molecule has 0 radical (unpaired) electrons. The Morgan fingerprint density at radius 2 is 2.32 bits per heavy atom. The molecular formula is C14H13NO3S. The van der Waals surface area contributed by atoms with Gasteiger partial charge in [0.2, 0.25) is 0 Å². The molecule has 0 spiro atoms. The van der Waals surface area contributed by atoms with Gasteiger partial charge in [-0.25, -0.2) is 4.98 Å². The minimum absolute atomic E-state index is 0.0309. The van der Waals surface area contributed by atoms with Crippen LogP contribution >= 0.6 is 11.3 Å². The van der Waals surface area contributed by atoms with Crippen LogP contribution in [0.2, 0.25) is 0 Å². The van der Waals surface area contributed by atoms with Crippen molar-refractivity contribution in [3.8, 4) is 5.75 Å². The number of ether oxygens (including phenoxy) is 1. The maximum atomic E-state index is 10.8. The highest BCUT2D eigenvalue weighted by atomic mass is 32.1. The van der Waals surface area contributed by atoms with E-state index in [-0.39, 0.29) is 12.5 Å². The van der Waals surface area contributed by atoms with E-state index < -0.39 is 5.97 Å². The van der Waals surface area contributed by atoms with E-state index in [9.17, 15) is 4.79 Å². The van der Waals surface area contributed by atoms with Crippen LogP contribution in [0.1, 0.15) is 27.2 Å². The molecule has 1 N–H and O–H groups in total. The van der Waals surface area contributed by atoms with Crippen LogP contribution in [0.3, 0.4) is 0 Å². The van der Waals surface area contributed by atoms with Crippen LogP contribution in [0.25, 0.3) is 0 Å². The number of rotatable bonds is 3. The van der Waals surface area contributed by atoms with Crippen molar-refractivity contribution in [2.75, 3.05) is 0 Å². The van der Waals surface area contributed by atoms with Gasteiger partial charge in [0.05, 0.1) is 12.1 Å². The number of carboxylic acids is 1. The van der Waals surface area contributed by atoms with Gasteiger partial charge in [-0.1, -0.05) is 18.2 Å². The molecule has 1 aromatic heterocycles. The van der Waals surface area contributed by atoms with Crippen LogP contribution in [0.5, 0.6) is 5.75 Å². The van der Waals surface area contributed by atoms with Crippen molar-refractivity contribution >= 4 is 17.3 Å². The number of hydrogen-bond donors (Lipinski definition) is 1. The highest BCUT2D eigenvalue weighted by Crippen LogP contribution is 2.38. The van der Waals surface area contributed by atoms with Crippen LogP contribution in [0, 0.1) is 6.92 Å². The molecule has 1 unspecified atom stereocenters. The van der Waals surface area contributed by atoms with Crippen molar-refractivity contribution in [3.05, 3.63) is 45.4 Å². The van der Waals surface area contributed by atoms with Crippen molar-refractivity contribution < 1.29 is 14.6 Å². The Kier molecular flexibility index (Phi) is 2.98. The summed E-state index contributed by atoms with van der Waals surface area (Å²) >= 11 is 1.44. The highest BCUT2D eigenvalue weighted by Gasteiger charge is 2.27. The van der Waals surface area contributed by atoms with Crippen LogP contribution in [-0.2, 0) is 17.6 Å². The minimum atomic E-state index is -0.825. The normalized spacial score (nSPS) is 17.0. The second-order valence-electron chi connectivity index (χ2n) is 4.55. The summed E-state index contributed by atoms with van der Waals surface area (Å²) in [5.74, 6) is 0.0778. The molecule has 1 atom stereocenters. The van der Waals surface area contributed by atoms with Gasteiger partial charge in [0.25, 0.3) is 0 Å². The lowest BCUT2D eigenvalue weighted by Gasteiger charge is -2.06. The number of carboxylic acid groups (broad SMARTS) is 1. The van der Waals surface area contributed by atoms with E-state index in [2.05, 4.69) is 4.98 Å². The second kappa shape index (κ2) is 4.66. The van der Waals surface area contributed by atoms with E-state index in [4.69, 9.17) is 9.84 Å². The maximum Gasteiger partial charge on any atom is 0.308 e. The quantitative estimate of drug-likeness (QED) is 0.935. The Labute approximate surface area is 114 Å². The Balaban J connectivity index is 1.84. The summed E-state index contributed by atoms with van der Waals surface area (Å²) in [6.07, 6.45) is 0.752. The first-order valence-corrected chi connectivity index (χ1v) is 6.87. The predicted molar refractivity (Wildman–Crippen MR) is 71.7 cm³/mol. The molecule has 3 rings (SSSR count). The van der Waals surface area contributed by atoms with Crippen LogP contribution in [0.15, 0.2) is 24.3 Å². The monoisotopic (exact) mass is 275 g/mol. The number of aliphatic carboxylic acids is 1. The number of aryl methyl sites for hydroxylation is 1. The molecule has 1 aliphatic heterocycles. The summed E-state index contributed by atoms with van der Waals surface area (Å²) < 4.78 is 5.87. The van der Waals surface area contributed by atoms with Gasteiger partial charge >= 0.3 is 5.97 Å². The molecular weight excluding hydrogens is 262 g/mol. The van der Waals surface area contributed by atoms with Crippen molar-refractivity contribution in [1.29, 1.82) is 0 Å². The summed E-state index contributed by atoms with van der Waals surface area (Å²) in [5.41, 5.74) is 1.97. The predicted octanol–water partition coefficient (Wildman–Crippen LogP) is 2.75. The van der Waals surface area contributed by atoms with Crippen LogP contribution < -0.4 is 4.74 Å². The summed E-state index contributed by atoms with van der Waals surface area (Å²) in [6, 6.07) is 7.94. The summed E-state index contributed by atoms with van der Waals surface area (Å²) in [7, 11) is 0. The molecule has 19 heavy (non-hydrogen) atoms. The van der Waals surface area contributed by atoms with E-state index in [1.807, 2.05) is 31.2 Å². The Morgan fingerprint density at radius 3 is 3.05 bits per heavy atom. The number of benzene rings is 1. The summed E-state index contributed by atoms with van der Waals surface area (Å²) in [4.78, 5) is 16.0. The van der Waals surface area contributed by atoms with E-state index in [1.165, 1.54) is 16.9 Å². The number of hydrogen-bond acceptors (Lipinski definition) is 4. The SMILES string of the molecule is Cc1nc(C2Cc3ccccc3O2)sc1CC(=O)O. The van der Waals surface area contributed by atoms with Gasteiger partial charge in [-0.3, -0.25) is 4.79 Å². The molecule has 5 heteroatoms. The Bertz CT molecular complexity index is 610. The zero-order valence-corrected chi connectivity index (χ0v) is 11.2. The number of fused-ring (bicyclic) bond motifs is 1. The van der Waals surface area contributed by atoms with Crippen molar-refractivity contribution in [1.82, 2.24) is 4.98 Å². The first-order valence-electron chi connectivity index (χ1n) is 6.06. The minimum Gasteiger partial charge on any atom is -0.483 e. The van der Waals surface area contributed by atoms with Crippen molar-refractivity contribution in [2.24, 2.45) is 0 Å². The fraction of sp³-hybridized carbons (Fsp3) is 0.286. The van der Waals surface area contributed by atoms with Gasteiger partial charge in [0.15, 0.2) is 6.10 Å². The molecule has 1 aliphatic rings. The Hall–Kier alpha value is -1.88. The molecule has 98 valence electrons. The van der Waals surface area contributed by atoms with Crippen LogP contribution in [-0.4, -0.2) is 16.1 Å². The van der Waals surface area contributed by atoms with Gasteiger partial charge < -0.3 is 9.84 Å². The largest absolute Gasteiger partial charge is 0.483 e. The van der Waals surface area contributed by atoms with E-state index >= 15 is 0 Å². The molecule has 2 heterocycles. The number of aromatic nitrogens is 1. The van der Waals surface area contributed by atoms with Gasteiger partial charge in [0.1, 0.15) is 10.8 Å². The first kappa shape index (κ1) is 12.2. The average Bonchev–Trinajstić information content (AvgIpc) is 2.93. The number of carbonyl (C=O) groups is 1. The lowest BCUT2D eigenvalue weighted by Crippen LogP contribution is -2.02. The van der Waals surface area contributed by atoms with Gasteiger partial charge in [-0.2, -0.15) is 0 Å². The van der Waals surface area contributed by atoms with Gasteiger partial charge in [-0.15, -0.1) is 11.3 Å². The summed E-state index contributed by atoms with van der Waals surface area (Å²) in [6.45, 7) is 1.85. The zero-order valence-electron chi connectivity index (χ0n) is 10.4. The summed E-state index contributed by atoms with van der Waals surface area (Å²) in [5, 5.41) is 9.72. The molecule has 0 saturated heterocycles. The van der Waals surface area contributed by atoms with Gasteiger partial charge in [-0.05, 0) is 18.6 Å². The standard InChI is InChI=1S/C14H13NO3S/c1-8-12(7-13(16)17)19-14(15-8)11-6-9-4-2-3-5-10(9)18-11/h2-5,11H,6-7H2,1H3,(H,16,17). The topological polar surface area (TPSA) is 59.4 Å². The maximum absolute atomic E-state index is 10.8. The average molecular weight is 275 g/mol. The molecule has 1 aromatic carbocycles. The third-order valence-corrected chi connectivity index (χ3v) is 4.39. The molecule has 2 aromatic rings. The molecule has 0 fully saturated rings. The molecule has 4 nitrogen and oxygen atoms in total. The third-order valence-electron chi connectivity index (χ3n) is 3.14. The number of thiazole rings is 1. The van der Waals surface area contributed by atoms with E-state index in [0.29, 0.717) is 0 Å². The van der Waals surface area contributed by atoms with Gasteiger partial charge in [0, 0.05) is 11.3 Å². The smallest absolute Gasteiger partial charge is 0.308 e. The fourth-order valence-electron chi connectivity index (χ4n) is 2.21. The van der Waals surface area contributed by atoms with Crippen molar-refractivity contribution in [3.63, 3.8) is 0 Å².